The van der Waals surface area contributed by atoms with Gasteiger partial charge in [0.1, 0.15) is 6.04 Å². The third kappa shape index (κ3) is 2.33. The summed E-state index contributed by atoms with van der Waals surface area (Å²) in [6.07, 6.45) is -2.32. The van der Waals surface area contributed by atoms with Crippen LogP contribution in [0.2, 0.25) is 0 Å². The van der Waals surface area contributed by atoms with Crippen LogP contribution in [-0.2, 0) is 0 Å². The fourth-order valence-electron chi connectivity index (χ4n) is 2.69. The predicted molar refractivity (Wildman–Crippen MR) is 55.1 cm³/mol. The van der Waals surface area contributed by atoms with E-state index in [0.717, 1.165) is 19.4 Å². The van der Waals surface area contributed by atoms with Crippen molar-refractivity contribution < 1.29 is 13.2 Å². The van der Waals surface area contributed by atoms with E-state index in [1.807, 2.05) is 11.9 Å². The van der Waals surface area contributed by atoms with Crippen LogP contribution in [0.25, 0.3) is 0 Å². The lowest BCUT2D eigenvalue weighted by Crippen LogP contribution is -2.62. The molecule has 2 saturated heterocycles. The number of alkyl halides is 3. The van der Waals surface area contributed by atoms with Gasteiger partial charge in [-0.15, -0.1) is 0 Å². The molecule has 0 saturated carbocycles. The Balaban J connectivity index is 2.10. The van der Waals surface area contributed by atoms with Gasteiger partial charge in [0.15, 0.2) is 0 Å². The van der Waals surface area contributed by atoms with Crippen LogP contribution in [-0.4, -0.2) is 61.4 Å². The standard InChI is InChI=1S/C10H18F3N3/c1-15-5-2-3-9(15)16-6-4-14-7-8(16)10(11,12)13/h8-9,14H,2-7H2,1H3. The predicted octanol–water partition coefficient (Wildman–Crippen LogP) is 0.874. The van der Waals surface area contributed by atoms with E-state index in [4.69, 9.17) is 0 Å². The summed E-state index contributed by atoms with van der Waals surface area (Å²) in [6.45, 7) is 2.06. The minimum atomic E-state index is -4.13. The summed E-state index contributed by atoms with van der Waals surface area (Å²) >= 11 is 0. The topological polar surface area (TPSA) is 18.5 Å². The molecule has 0 aliphatic carbocycles. The maximum atomic E-state index is 12.9. The molecule has 16 heavy (non-hydrogen) atoms. The minimum Gasteiger partial charge on any atom is -0.314 e. The molecule has 0 aromatic heterocycles. The molecule has 2 heterocycles. The average molecular weight is 237 g/mol. The molecule has 0 spiro atoms. The Morgan fingerprint density at radius 3 is 2.56 bits per heavy atom. The van der Waals surface area contributed by atoms with Crippen molar-refractivity contribution in [2.24, 2.45) is 0 Å². The lowest BCUT2D eigenvalue weighted by Gasteiger charge is -2.42. The number of halogens is 3. The van der Waals surface area contributed by atoms with Crippen LogP contribution in [0.5, 0.6) is 0 Å². The number of nitrogens with one attached hydrogen (secondary N) is 1. The molecule has 94 valence electrons. The van der Waals surface area contributed by atoms with E-state index >= 15 is 0 Å². The van der Waals surface area contributed by atoms with Gasteiger partial charge in [-0.1, -0.05) is 0 Å². The molecule has 2 fully saturated rings. The van der Waals surface area contributed by atoms with Crippen LogP contribution < -0.4 is 5.32 Å². The van der Waals surface area contributed by atoms with Gasteiger partial charge in [-0.25, -0.2) is 0 Å². The smallest absolute Gasteiger partial charge is 0.314 e. The fourth-order valence-corrected chi connectivity index (χ4v) is 2.69. The maximum Gasteiger partial charge on any atom is 0.405 e. The summed E-state index contributed by atoms with van der Waals surface area (Å²) < 4.78 is 38.6. The molecule has 6 heteroatoms. The zero-order valence-electron chi connectivity index (χ0n) is 9.43. The third-order valence-electron chi connectivity index (χ3n) is 3.53. The lowest BCUT2D eigenvalue weighted by molar-refractivity contribution is -0.199. The van der Waals surface area contributed by atoms with Gasteiger partial charge in [0, 0.05) is 19.6 Å². The highest BCUT2D eigenvalue weighted by Gasteiger charge is 2.47. The highest BCUT2D eigenvalue weighted by Crippen LogP contribution is 2.30. The Morgan fingerprint density at radius 1 is 1.25 bits per heavy atom. The average Bonchev–Trinajstić information content (AvgIpc) is 2.63. The monoisotopic (exact) mass is 237 g/mol. The van der Waals surface area contributed by atoms with E-state index in [0.29, 0.717) is 13.1 Å². The summed E-state index contributed by atoms with van der Waals surface area (Å²) in [4.78, 5) is 3.65. The number of hydrogen-bond acceptors (Lipinski definition) is 3. The van der Waals surface area contributed by atoms with Crippen molar-refractivity contribution in [2.75, 3.05) is 33.2 Å². The van der Waals surface area contributed by atoms with Crippen molar-refractivity contribution in [1.82, 2.24) is 15.1 Å². The van der Waals surface area contributed by atoms with E-state index in [2.05, 4.69) is 5.32 Å². The summed E-state index contributed by atoms with van der Waals surface area (Å²) in [7, 11) is 1.91. The second-order valence-electron chi connectivity index (χ2n) is 4.60. The van der Waals surface area contributed by atoms with E-state index in [1.54, 1.807) is 4.90 Å². The molecular weight excluding hydrogens is 219 g/mol. The van der Waals surface area contributed by atoms with Gasteiger partial charge in [0.2, 0.25) is 0 Å². The molecule has 0 bridgehead atoms. The summed E-state index contributed by atoms with van der Waals surface area (Å²) in [5.74, 6) is 0. The Morgan fingerprint density at radius 2 is 2.00 bits per heavy atom. The molecule has 0 aromatic rings. The molecule has 0 amide bonds. The van der Waals surface area contributed by atoms with Crippen molar-refractivity contribution in [3.63, 3.8) is 0 Å². The van der Waals surface area contributed by atoms with Crippen LogP contribution >= 0.6 is 0 Å². The van der Waals surface area contributed by atoms with Crippen LogP contribution in [0, 0.1) is 0 Å². The van der Waals surface area contributed by atoms with Crippen molar-refractivity contribution in [3.05, 3.63) is 0 Å². The summed E-state index contributed by atoms with van der Waals surface area (Å²) in [5.41, 5.74) is 0. The normalized spacial score (nSPS) is 34.5. The minimum absolute atomic E-state index is 0.0217. The fraction of sp³-hybridized carbons (Fsp3) is 1.00. The largest absolute Gasteiger partial charge is 0.405 e. The second-order valence-corrected chi connectivity index (χ2v) is 4.60. The van der Waals surface area contributed by atoms with Crippen molar-refractivity contribution >= 4 is 0 Å². The van der Waals surface area contributed by atoms with Gasteiger partial charge >= 0.3 is 6.18 Å². The van der Waals surface area contributed by atoms with Gasteiger partial charge in [-0.2, -0.15) is 13.2 Å². The van der Waals surface area contributed by atoms with Gasteiger partial charge in [-0.05, 0) is 26.4 Å². The Bertz CT molecular complexity index is 244. The molecular formula is C10H18F3N3. The van der Waals surface area contributed by atoms with Crippen molar-refractivity contribution in [2.45, 2.75) is 31.2 Å². The molecule has 3 nitrogen and oxygen atoms in total. The van der Waals surface area contributed by atoms with Gasteiger partial charge in [0.05, 0.1) is 6.17 Å². The van der Waals surface area contributed by atoms with Gasteiger partial charge < -0.3 is 5.32 Å². The lowest BCUT2D eigenvalue weighted by atomic mass is 10.1. The Kier molecular flexibility index (Phi) is 3.42. The molecule has 2 aliphatic heterocycles. The molecule has 0 radical (unpaired) electrons. The van der Waals surface area contributed by atoms with Crippen LogP contribution in [0.15, 0.2) is 0 Å². The number of hydrogen-bond donors (Lipinski definition) is 1. The van der Waals surface area contributed by atoms with Crippen molar-refractivity contribution in [1.29, 1.82) is 0 Å². The highest BCUT2D eigenvalue weighted by molar-refractivity contribution is 4.90. The Labute approximate surface area is 93.6 Å². The summed E-state index contributed by atoms with van der Waals surface area (Å²) in [6, 6.07) is -1.33. The first-order valence-electron chi connectivity index (χ1n) is 5.73. The molecule has 1 N–H and O–H groups in total. The number of nitrogens with zero attached hydrogens (tertiary/aromatic N) is 2. The quantitative estimate of drug-likeness (QED) is 0.730. The first-order valence-corrected chi connectivity index (χ1v) is 5.73. The molecule has 0 aromatic carbocycles. The molecule has 2 rings (SSSR count). The maximum absolute atomic E-state index is 12.9. The third-order valence-corrected chi connectivity index (χ3v) is 3.53. The zero-order valence-corrected chi connectivity index (χ0v) is 9.43. The van der Waals surface area contributed by atoms with Crippen LogP contribution in [0.1, 0.15) is 12.8 Å². The molecule has 2 aliphatic rings. The number of likely N-dealkylation sites (tertiary alicyclic amines) is 1. The van der Waals surface area contributed by atoms with E-state index in [9.17, 15) is 13.2 Å². The molecule has 2 unspecified atom stereocenters. The first kappa shape index (κ1) is 12.1. The zero-order chi connectivity index (χ0) is 11.8. The number of rotatable bonds is 1. The number of piperazine rings is 1. The van der Waals surface area contributed by atoms with Crippen LogP contribution in [0.3, 0.4) is 0 Å². The van der Waals surface area contributed by atoms with E-state index < -0.39 is 12.2 Å². The van der Waals surface area contributed by atoms with E-state index in [1.165, 1.54) is 0 Å². The van der Waals surface area contributed by atoms with Crippen LogP contribution in [0.4, 0.5) is 13.2 Å². The van der Waals surface area contributed by atoms with Crippen molar-refractivity contribution in [3.8, 4) is 0 Å². The first-order chi connectivity index (χ1) is 7.50. The summed E-state index contributed by atoms with van der Waals surface area (Å²) in [5, 5.41) is 2.83. The van der Waals surface area contributed by atoms with Gasteiger partial charge in [-0.3, -0.25) is 9.80 Å². The van der Waals surface area contributed by atoms with E-state index in [-0.39, 0.29) is 12.7 Å². The van der Waals surface area contributed by atoms with Gasteiger partial charge in [0.25, 0.3) is 0 Å². The Hall–Kier alpha value is -0.330. The molecule has 2 atom stereocenters. The SMILES string of the molecule is CN1CCCC1N1CCNCC1C(F)(F)F. The highest BCUT2D eigenvalue weighted by atomic mass is 19.4. The second kappa shape index (κ2) is 4.50.